The van der Waals surface area contributed by atoms with E-state index in [2.05, 4.69) is 20.9 Å². The lowest BCUT2D eigenvalue weighted by atomic mass is 9.96. The minimum absolute atomic E-state index is 0.0446. The number of fused-ring (bicyclic) bond motifs is 2. The number of aromatic nitrogens is 2. The summed E-state index contributed by atoms with van der Waals surface area (Å²) in [6, 6.07) is 10.2. The maximum Gasteiger partial charge on any atom is 0.252 e. The predicted octanol–water partition coefficient (Wildman–Crippen LogP) is 3.38. The van der Waals surface area contributed by atoms with Gasteiger partial charge in [0.05, 0.1) is 5.52 Å². The number of nitrogens with zero attached hydrogens (tertiary/aromatic N) is 2. The monoisotopic (exact) mass is 363 g/mol. The van der Waals surface area contributed by atoms with E-state index in [-0.39, 0.29) is 12.4 Å². The van der Waals surface area contributed by atoms with Crippen LogP contribution in [0.5, 0.6) is 11.5 Å². The van der Waals surface area contributed by atoms with Gasteiger partial charge in [-0.2, -0.15) is 0 Å². The summed E-state index contributed by atoms with van der Waals surface area (Å²) in [5, 5.41) is 0.962. The van der Waals surface area contributed by atoms with Gasteiger partial charge < -0.3 is 14.5 Å². The number of pyridine rings is 2. The zero-order valence-corrected chi connectivity index (χ0v) is 15.0. The molecule has 4 heterocycles. The molecule has 0 saturated carbocycles. The van der Waals surface area contributed by atoms with Gasteiger partial charge in [0.25, 0.3) is 5.56 Å². The standard InChI is InChI=1S/C21H21N3O3/c25-21-16(8-15-9-19-20(27-13-26-19)10-17(15)23-21)12-24-7-2-1-5-18(24)14-4-3-6-22-11-14/h3-4,6,8-11,18H,1-2,5,7,12-13H2,(H,23,25)/t18-/m1/s1. The highest BCUT2D eigenvalue weighted by Gasteiger charge is 2.25. The third-order valence-electron chi connectivity index (χ3n) is 5.47. The molecule has 1 aromatic carbocycles. The van der Waals surface area contributed by atoms with Crippen LogP contribution in [0.15, 0.2) is 47.5 Å². The van der Waals surface area contributed by atoms with Crippen LogP contribution in [0, 0.1) is 0 Å². The van der Waals surface area contributed by atoms with Crippen LogP contribution in [0.25, 0.3) is 10.9 Å². The maximum atomic E-state index is 12.7. The topological polar surface area (TPSA) is 67.5 Å². The number of benzene rings is 1. The van der Waals surface area contributed by atoms with Crippen LogP contribution in [0.4, 0.5) is 0 Å². The van der Waals surface area contributed by atoms with E-state index in [4.69, 9.17) is 9.47 Å². The summed E-state index contributed by atoms with van der Waals surface area (Å²) in [5.41, 5.74) is 2.72. The van der Waals surface area contributed by atoms with E-state index in [1.807, 2.05) is 30.5 Å². The molecule has 2 aliphatic heterocycles. The van der Waals surface area contributed by atoms with E-state index in [0.29, 0.717) is 18.3 Å². The molecule has 1 atom stereocenters. The zero-order valence-electron chi connectivity index (χ0n) is 15.0. The van der Waals surface area contributed by atoms with Crippen LogP contribution in [-0.2, 0) is 6.54 Å². The molecule has 1 saturated heterocycles. The van der Waals surface area contributed by atoms with Gasteiger partial charge in [0.1, 0.15) is 0 Å². The first-order valence-electron chi connectivity index (χ1n) is 9.37. The van der Waals surface area contributed by atoms with Gasteiger partial charge >= 0.3 is 0 Å². The quantitative estimate of drug-likeness (QED) is 0.773. The van der Waals surface area contributed by atoms with Crippen LogP contribution < -0.4 is 15.0 Å². The first-order chi connectivity index (χ1) is 13.3. The number of aromatic amines is 1. The SMILES string of the molecule is O=c1[nH]c2cc3c(cc2cc1CN1CCCC[C@@H]1c1cccnc1)OCO3. The Morgan fingerprint density at radius 3 is 2.93 bits per heavy atom. The van der Waals surface area contributed by atoms with Crippen molar-refractivity contribution in [1.29, 1.82) is 0 Å². The maximum absolute atomic E-state index is 12.7. The van der Waals surface area contributed by atoms with Crippen LogP contribution >= 0.6 is 0 Å². The fourth-order valence-corrected chi connectivity index (χ4v) is 4.11. The molecule has 0 aliphatic carbocycles. The van der Waals surface area contributed by atoms with E-state index >= 15 is 0 Å². The largest absolute Gasteiger partial charge is 0.454 e. The van der Waals surface area contributed by atoms with E-state index in [0.717, 1.165) is 41.6 Å². The lowest BCUT2D eigenvalue weighted by Gasteiger charge is -2.35. The smallest absolute Gasteiger partial charge is 0.252 e. The second-order valence-electron chi connectivity index (χ2n) is 7.18. The number of ether oxygens (including phenoxy) is 2. The van der Waals surface area contributed by atoms with Crippen molar-refractivity contribution < 1.29 is 9.47 Å². The molecule has 27 heavy (non-hydrogen) atoms. The van der Waals surface area contributed by atoms with Gasteiger partial charge in [-0.1, -0.05) is 12.5 Å². The average molecular weight is 363 g/mol. The van der Waals surface area contributed by atoms with Crippen LogP contribution in [0.2, 0.25) is 0 Å². The molecule has 3 aromatic rings. The third kappa shape index (κ3) is 3.06. The normalized spacial score (nSPS) is 19.5. The van der Waals surface area contributed by atoms with Crippen molar-refractivity contribution in [2.75, 3.05) is 13.3 Å². The number of nitrogens with one attached hydrogen (secondary N) is 1. The Morgan fingerprint density at radius 2 is 2.07 bits per heavy atom. The van der Waals surface area contributed by atoms with E-state index in [1.54, 1.807) is 6.20 Å². The molecule has 0 radical (unpaired) electrons. The van der Waals surface area contributed by atoms with Crippen molar-refractivity contribution >= 4 is 10.9 Å². The number of H-pyrrole nitrogens is 1. The lowest BCUT2D eigenvalue weighted by molar-refractivity contribution is 0.139. The lowest BCUT2D eigenvalue weighted by Crippen LogP contribution is -2.34. The number of hydrogen-bond donors (Lipinski definition) is 1. The van der Waals surface area contributed by atoms with Gasteiger partial charge in [-0.15, -0.1) is 0 Å². The Labute approximate surface area is 156 Å². The molecule has 0 spiro atoms. The Morgan fingerprint density at radius 1 is 1.19 bits per heavy atom. The molecule has 2 aromatic heterocycles. The summed E-state index contributed by atoms with van der Waals surface area (Å²) in [4.78, 5) is 22.4. The summed E-state index contributed by atoms with van der Waals surface area (Å²) in [6.07, 6.45) is 7.19. The molecule has 138 valence electrons. The average Bonchev–Trinajstić information content (AvgIpc) is 3.15. The number of hydrogen-bond acceptors (Lipinski definition) is 5. The summed E-state index contributed by atoms with van der Waals surface area (Å²) in [7, 11) is 0. The number of piperidine rings is 1. The minimum Gasteiger partial charge on any atom is -0.454 e. The molecule has 1 N–H and O–H groups in total. The van der Waals surface area contributed by atoms with Gasteiger partial charge in [0.15, 0.2) is 11.5 Å². The Balaban J connectivity index is 1.48. The van der Waals surface area contributed by atoms with Gasteiger partial charge in [0, 0.05) is 42.0 Å². The Kier molecular flexibility index (Phi) is 4.05. The minimum atomic E-state index is -0.0446. The fraction of sp³-hybridized carbons (Fsp3) is 0.333. The summed E-state index contributed by atoms with van der Waals surface area (Å²) >= 11 is 0. The van der Waals surface area contributed by atoms with Gasteiger partial charge in [-0.3, -0.25) is 14.7 Å². The molecule has 6 nitrogen and oxygen atoms in total. The summed E-state index contributed by atoms with van der Waals surface area (Å²) in [6.45, 7) is 1.83. The first-order valence-corrected chi connectivity index (χ1v) is 9.37. The van der Waals surface area contributed by atoms with Crippen molar-refractivity contribution in [3.63, 3.8) is 0 Å². The molecule has 1 fully saturated rings. The number of rotatable bonds is 3. The molecule has 5 rings (SSSR count). The van der Waals surface area contributed by atoms with Gasteiger partial charge in [-0.05, 0) is 43.1 Å². The molecule has 6 heteroatoms. The molecule has 0 bridgehead atoms. The third-order valence-corrected chi connectivity index (χ3v) is 5.47. The fourth-order valence-electron chi connectivity index (χ4n) is 4.11. The second kappa shape index (κ2) is 6.70. The Hall–Kier alpha value is -2.86. The highest BCUT2D eigenvalue weighted by atomic mass is 16.7. The highest BCUT2D eigenvalue weighted by Crippen LogP contribution is 2.36. The molecule has 0 amide bonds. The molecule has 2 aliphatic rings. The molecular weight excluding hydrogens is 342 g/mol. The van der Waals surface area contributed by atoms with Crippen molar-refractivity contribution in [1.82, 2.24) is 14.9 Å². The van der Waals surface area contributed by atoms with Gasteiger partial charge in [-0.25, -0.2) is 0 Å². The Bertz CT molecular complexity index is 1030. The van der Waals surface area contributed by atoms with E-state index < -0.39 is 0 Å². The number of likely N-dealkylation sites (tertiary alicyclic amines) is 1. The van der Waals surface area contributed by atoms with E-state index in [1.165, 1.54) is 12.0 Å². The molecular formula is C21H21N3O3. The van der Waals surface area contributed by atoms with Crippen LogP contribution in [0.3, 0.4) is 0 Å². The highest BCUT2D eigenvalue weighted by molar-refractivity contribution is 5.83. The summed E-state index contributed by atoms with van der Waals surface area (Å²) < 4.78 is 10.9. The van der Waals surface area contributed by atoms with Crippen molar-refractivity contribution in [3.05, 3.63) is 64.2 Å². The van der Waals surface area contributed by atoms with Crippen LogP contribution in [0.1, 0.15) is 36.4 Å². The predicted molar refractivity (Wildman–Crippen MR) is 102 cm³/mol. The van der Waals surface area contributed by atoms with Crippen molar-refractivity contribution in [2.24, 2.45) is 0 Å². The van der Waals surface area contributed by atoms with Crippen LogP contribution in [-0.4, -0.2) is 28.2 Å². The summed E-state index contributed by atoms with van der Waals surface area (Å²) in [5.74, 6) is 1.41. The van der Waals surface area contributed by atoms with Crippen molar-refractivity contribution in [3.8, 4) is 11.5 Å². The first kappa shape index (κ1) is 16.3. The van der Waals surface area contributed by atoms with Gasteiger partial charge in [0.2, 0.25) is 6.79 Å². The second-order valence-corrected chi connectivity index (χ2v) is 7.18. The van der Waals surface area contributed by atoms with E-state index in [9.17, 15) is 4.79 Å². The zero-order chi connectivity index (χ0) is 18.2. The molecule has 0 unspecified atom stereocenters. The van der Waals surface area contributed by atoms with Crippen molar-refractivity contribution in [2.45, 2.75) is 31.8 Å².